The molecule has 0 atom stereocenters. The van der Waals surface area contributed by atoms with E-state index in [9.17, 15) is 4.79 Å². The van der Waals surface area contributed by atoms with Crippen molar-refractivity contribution in [2.75, 3.05) is 6.61 Å². The highest BCUT2D eigenvalue weighted by atomic mass is 16.5. The molecule has 5 heteroatoms. The minimum absolute atomic E-state index is 0.156. The summed E-state index contributed by atoms with van der Waals surface area (Å²) in [7, 11) is 0. The number of nitrogens with zero attached hydrogens (tertiary/aromatic N) is 2. The number of nitrogens with one attached hydrogen (secondary N) is 1. The zero-order valence-corrected chi connectivity index (χ0v) is 8.80. The fourth-order valence-corrected chi connectivity index (χ4v) is 1.33. The van der Waals surface area contributed by atoms with E-state index in [4.69, 9.17) is 4.74 Å². The van der Waals surface area contributed by atoms with Crippen LogP contribution in [-0.4, -0.2) is 27.8 Å². The first-order valence-corrected chi connectivity index (χ1v) is 4.94. The molecule has 1 aromatic heterocycles. The van der Waals surface area contributed by atoms with E-state index in [1.165, 1.54) is 6.20 Å². The molecule has 0 unspecified atom stereocenters. The Balaban J connectivity index is 2.19. The van der Waals surface area contributed by atoms with Crippen LogP contribution in [0.25, 0.3) is 0 Å². The normalized spacial score (nSPS) is 10.1. The molecule has 0 aliphatic rings. The molecule has 2 aromatic rings. The summed E-state index contributed by atoms with van der Waals surface area (Å²) in [5.74, 6) is 0.594. The first kappa shape index (κ1) is 10.4. The number of aromatic amines is 1. The van der Waals surface area contributed by atoms with Crippen LogP contribution in [0.5, 0.6) is 5.75 Å². The van der Waals surface area contributed by atoms with E-state index in [0.29, 0.717) is 17.9 Å². The number of ketones is 1. The van der Waals surface area contributed by atoms with Gasteiger partial charge in [-0.2, -0.15) is 15.4 Å². The SMILES string of the molecule is CCOc1ccc(C(=O)c2cn[nH]n2)cc1. The molecular formula is C11H11N3O2. The van der Waals surface area contributed by atoms with Gasteiger partial charge in [-0.3, -0.25) is 4.79 Å². The van der Waals surface area contributed by atoms with E-state index in [-0.39, 0.29) is 5.78 Å². The quantitative estimate of drug-likeness (QED) is 0.787. The Labute approximate surface area is 92.4 Å². The summed E-state index contributed by atoms with van der Waals surface area (Å²) in [5.41, 5.74) is 0.876. The molecule has 0 saturated heterocycles. The zero-order chi connectivity index (χ0) is 11.4. The Kier molecular flexibility index (Phi) is 2.95. The lowest BCUT2D eigenvalue weighted by Crippen LogP contribution is -2.02. The highest BCUT2D eigenvalue weighted by Gasteiger charge is 2.11. The second-order valence-electron chi connectivity index (χ2n) is 3.14. The summed E-state index contributed by atoms with van der Waals surface area (Å²) < 4.78 is 5.29. The van der Waals surface area contributed by atoms with Crippen LogP contribution in [-0.2, 0) is 0 Å². The van der Waals surface area contributed by atoms with Gasteiger partial charge in [0, 0.05) is 5.56 Å². The van der Waals surface area contributed by atoms with Crippen molar-refractivity contribution in [3.05, 3.63) is 41.7 Å². The number of carbonyl (C=O) groups is 1. The fraction of sp³-hybridized carbons (Fsp3) is 0.182. The summed E-state index contributed by atoms with van der Waals surface area (Å²) in [4.78, 5) is 11.8. The van der Waals surface area contributed by atoms with E-state index < -0.39 is 0 Å². The van der Waals surface area contributed by atoms with Crippen LogP contribution in [0, 0.1) is 0 Å². The number of rotatable bonds is 4. The Morgan fingerprint density at radius 2 is 2.12 bits per heavy atom. The molecule has 1 heterocycles. The standard InChI is InChI=1S/C11H11N3O2/c1-2-16-9-5-3-8(4-6-9)11(15)10-7-12-14-13-10/h3-7H,2H2,1H3,(H,12,13,14). The lowest BCUT2D eigenvalue weighted by molar-refractivity contribution is 0.103. The van der Waals surface area contributed by atoms with Crippen LogP contribution >= 0.6 is 0 Å². The van der Waals surface area contributed by atoms with Crippen molar-refractivity contribution < 1.29 is 9.53 Å². The molecule has 0 aliphatic carbocycles. The number of carbonyl (C=O) groups excluding carboxylic acids is 1. The highest BCUT2D eigenvalue weighted by Crippen LogP contribution is 2.14. The fourth-order valence-electron chi connectivity index (χ4n) is 1.33. The van der Waals surface area contributed by atoms with Crippen LogP contribution < -0.4 is 4.74 Å². The van der Waals surface area contributed by atoms with Gasteiger partial charge in [-0.15, -0.1) is 0 Å². The minimum Gasteiger partial charge on any atom is -0.494 e. The molecule has 82 valence electrons. The molecule has 0 amide bonds. The van der Waals surface area contributed by atoms with Gasteiger partial charge in [0.15, 0.2) is 5.69 Å². The maximum Gasteiger partial charge on any atom is 0.214 e. The molecule has 1 aromatic carbocycles. The lowest BCUT2D eigenvalue weighted by Gasteiger charge is -2.02. The van der Waals surface area contributed by atoms with Crippen LogP contribution in [0.15, 0.2) is 30.5 Å². The molecule has 0 radical (unpaired) electrons. The lowest BCUT2D eigenvalue weighted by atomic mass is 10.1. The molecule has 5 nitrogen and oxygen atoms in total. The van der Waals surface area contributed by atoms with Crippen LogP contribution in [0.1, 0.15) is 23.0 Å². The maximum absolute atomic E-state index is 11.8. The first-order valence-electron chi connectivity index (χ1n) is 4.94. The van der Waals surface area contributed by atoms with Gasteiger partial charge < -0.3 is 4.74 Å². The number of benzene rings is 1. The predicted octanol–water partition coefficient (Wildman–Crippen LogP) is 1.43. The van der Waals surface area contributed by atoms with E-state index in [1.807, 2.05) is 6.92 Å². The third-order valence-electron chi connectivity index (χ3n) is 2.08. The van der Waals surface area contributed by atoms with Gasteiger partial charge in [-0.25, -0.2) is 0 Å². The monoisotopic (exact) mass is 217 g/mol. The van der Waals surface area contributed by atoms with Gasteiger partial charge in [0.2, 0.25) is 5.78 Å². The number of hydrogen-bond donors (Lipinski definition) is 1. The number of hydrogen-bond acceptors (Lipinski definition) is 4. The largest absolute Gasteiger partial charge is 0.494 e. The molecule has 0 spiro atoms. The van der Waals surface area contributed by atoms with Crippen LogP contribution in [0.4, 0.5) is 0 Å². The van der Waals surface area contributed by atoms with Crippen molar-refractivity contribution in [2.45, 2.75) is 6.92 Å². The summed E-state index contributed by atoms with van der Waals surface area (Å²) in [6.45, 7) is 2.52. The number of H-pyrrole nitrogens is 1. The topological polar surface area (TPSA) is 67.9 Å². The Bertz CT molecular complexity index is 462. The average Bonchev–Trinajstić information content (AvgIpc) is 2.83. The third-order valence-corrected chi connectivity index (χ3v) is 2.08. The highest BCUT2D eigenvalue weighted by molar-refractivity contribution is 6.07. The Hall–Kier alpha value is -2.17. The molecule has 0 aliphatic heterocycles. The maximum atomic E-state index is 11.8. The van der Waals surface area contributed by atoms with Crippen molar-refractivity contribution in [3.63, 3.8) is 0 Å². The van der Waals surface area contributed by atoms with Gasteiger partial charge >= 0.3 is 0 Å². The molecule has 16 heavy (non-hydrogen) atoms. The third kappa shape index (κ3) is 2.08. The van der Waals surface area contributed by atoms with E-state index in [1.54, 1.807) is 24.3 Å². The molecule has 0 bridgehead atoms. The van der Waals surface area contributed by atoms with Crippen LogP contribution in [0.2, 0.25) is 0 Å². The summed E-state index contributed by atoms with van der Waals surface area (Å²) in [6, 6.07) is 6.94. The smallest absolute Gasteiger partial charge is 0.214 e. The van der Waals surface area contributed by atoms with Gasteiger partial charge in [0.1, 0.15) is 5.75 Å². The second kappa shape index (κ2) is 4.57. The zero-order valence-electron chi connectivity index (χ0n) is 8.80. The molecule has 0 saturated carbocycles. The van der Waals surface area contributed by atoms with Crippen molar-refractivity contribution in [2.24, 2.45) is 0 Å². The summed E-state index contributed by atoms with van der Waals surface area (Å²) >= 11 is 0. The minimum atomic E-state index is -0.156. The van der Waals surface area contributed by atoms with E-state index >= 15 is 0 Å². The average molecular weight is 217 g/mol. The van der Waals surface area contributed by atoms with Gasteiger partial charge in [-0.1, -0.05) is 0 Å². The Morgan fingerprint density at radius 1 is 1.38 bits per heavy atom. The van der Waals surface area contributed by atoms with Gasteiger partial charge in [0.25, 0.3) is 0 Å². The van der Waals surface area contributed by atoms with Crippen molar-refractivity contribution in [3.8, 4) is 5.75 Å². The molecular weight excluding hydrogens is 206 g/mol. The van der Waals surface area contributed by atoms with Gasteiger partial charge in [-0.05, 0) is 31.2 Å². The Morgan fingerprint density at radius 3 is 2.69 bits per heavy atom. The van der Waals surface area contributed by atoms with Crippen LogP contribution in [0.3, 0.4) is 0 Å². The summed E-state index contributed by atoms with van der Waals surface area (Å²) in [6.07, 6.45) is 1.40. The van der Waals surface area contributed by atoms with Crippen molar-refractivity contribution >= 4 is 5.78 Å². The van der Waals surface area contributed by atoms with Crippen molar-refractivity contribution in [1.29, 1.82) is 0 Å². The molecule has 0 fully saturated rings. The van der Waals surface area contributed by atoms with E-state index in [0.717, 1.165) is 5.75 Å². The molecule has 1 N–H and O–H groups in total. The summed E-state index contributed by atoms with van der Waals surface area (Å²) in [5, 5.41) is 9.74. The number of aromatic nitrogens is 3. The number of ether oxygens (including phenoxy) is 1. The van der Waals surface area contributed by atoms with E-state index in [2.05, 4.69) is 15.4 Å². The first-order chi connectivity index (χ1) is 7.81. The van der Waals surface area contributed by atoms with Crippen molar-refractivity contribution in [1.82, 2.24) is 15.4 Å². The predicted molar refractivity (Wildman–Crippen MR) is 57.4 cm³/mol. The van der Waals surface area contributed by atoms with Gasteiger partial charge in [0.05, 0.1) is 12.8 Å². The molecule has 2 rings (SSSR count). The second-order valence-corrected chi connectivity index (χ2v) is 3.14.